The molecule has 0 aromatic rings. The fourth-order valence-electron chi connectivity index (χ4n) is 3.43. The van der Waals surface area contributed by atoms with E-state index in [0.717, 1.165) is 13.1 Å². The first-order valence-electron chi connectivity index (χ1n) is 7.35. The molecule has 2 rings (SSSR count). The lowest BCUT2D eigenvalue weighted by molar-refractivity contribution is -0.132. The molecule has 2 fully saturated rings. The Morgan fingerprint density at radius 2 is 1.83 bits per heavy atom. The van der Waals surface area contributed by atoms with E-state index in [9.17, 15) is 4.79 Å². The molecule has 0 radical (unpaired) electrons. The zero-order valence-electron chi connectivity index (χ0n) is 11.4. The minimum Gasteiger partial charge on any atom is -0.342 e. The third kappa shape index (κ3) is 3.35. The molecule has 1 amide bonds. The van der Waals surface area contributed by atoms with E-state index < -0.39 is 0 Å². The van der Waals surface area contributed by atoms with Crippen molar-refractivity contribution in [3.63, 3.8) is 0 Å². The molecule has 1 aliphatic carbocycles. The van der Waals surface area contributed by atoms with Gasteiger partial charge in [0.25, 0.3) is 0 Å². The number of likely N-dealkylation sites (tertiary alicyclic amines) is 1. The van der Waals surface area contributed by atoms with Gasteiger partial charge in [-0.2, -0.15) is 0 Å². The molecule has 1 aliphatic heterocycles. The van der Waals surface area contributed by atoms with Crippen molar-refractivity contribution in [1.82, 2.24) is 10.2 Å². The van der Waals surface area contributed by atoms with Crippen molar-refractivity contribution in [3.05, 3.63) is 12.7 Å². The molecule has 0 aromatic heterocycles. The summed E-state index contributed by atoms with van der Waals surface area (Å²) in [5.41, 5.74) is 0.587. The van der Waals surface area contributed by atoms with Crippen molar-refractivity contribution in [2.24, 2.45) is 5.41 Å². The van der Waals surface area contributed by atoms with Gasteiger partial charge in [0.2, 0.25) is 5.91 Å². The molecule has 3 heteroatoms. The number of hydrogen-bond acceptors (Lipinski definition) is 2. The summed E-state index contributed by atoms with van der Waals surface area (Å²) in [5.74, 6) is 0.252. The van der Waals surface area contributed by atoms with Crippen LogP contribution in [0, 0.1) is 5.41 Å². The summed E-state index contributed by atoms with van der Waals surface area (Å²) in [6, 6.07) is 0. The van der Waals surface area contributed by atoms with Crippen LogP contribution >= 0.6 is 0 Å². The number of nitrogens with one attached hydrogen (secondary N) is 1. The summed E-state index contributed by atoms with van der Waals surface area (Å²) in [7, 11) is 0. The first-order chi connectivity index (χ1) is 8.76. The number of carbonyl (C=O) groups is 1. The van der Waals surface area contributed by atoms with Gasteiger partial charge in [-0.15, -0.1) is 6.58 Å². The lowest BCUT2D eigenvalue weighted by Gasteiger charge is -2.44. The fourth-order valence-corrected chi connectivity index (χ4v) is 3.43. The van der Waals surface area contributed by atoms with Gasteiger partial charge in [-0.1, -0.05) is 25.3 Å². The Balaban J connectivity index is 1.75. The summed E-state index contributed by atoms with van der Waals surface area (Å²) in [6.07, 6.45) is 11.2. The predicted octanol–water partition coefficient (Wildman–Crippen LogP) is 2.33. The Kier molecular flexibility index (Phi) is 4.81. The van der Waals surface area contributed by atoms with E-state index in [0.29, 0.717) is 18.5 Å². The molecule has 2 aliphatic rings. The first kappa shape index (κ1) is 13.6. The number of piperidine rings is 1. The monoisotopic (exact) mass is 250 g/mol. The van der Waals surface area contributed by atoms with Crippen molar-refractivity contribution in [3.8, 4) is 0 Å². The molecule has 18 heavy (non-hydrogen) atoms. The van der Waals surface area contributed by atoms with Gasteiger partial charge in [-0.25, -0.2) is 0 Å². The largest absolute Gasteiger partial charge is 0.342 e. The summed E-state index contributed by atoms with van der Waals surface area (Å²) in [4.78, 5) is 14.0. The van der Waals surface area contributed by atoms with Gasteiger partial charge in [0.05, 0.1) is 6.54 Å². The van der Waals surface area contributed by atoms with Gasteiger partial charge < -0.3 is 10.2 Å². The van der Waals surface area contributed by atoms with E-state index >= 15 is 0 Å². The molecule has 1 spiro atoms. The normalized spacial score (nSPS) is 23.0. The number of hydrogen-bond donors (Lipinski definition) is 1. The molecule has 1 heterocycles. The Labute approximate surface area is 111 Å². The van der Waals surface area contributed by atoms with Crippen LogP contribution < -0.4 is 5.32 Å². The van der Waals surface area contributed by atoms with Crippen molar-refractivity contribution < 1.29 is 4.79 Å². The van der Waals surface area contributed by atoms with Crippen LogP contribution in [-0.4, -0.2) is 37.0 Å². The second kappa shape index (κ2) is 6.37. The summed E-state index contributed by atoms with van der Waals surface area (Å²) < 4.78 is 0. The smallest absolute Gasteiger partial charge is 0.236 e. The number of carbonyl (C=O) groups excluding carboxylic acids is 1. The zero-order chi connectivity index (χ0) is 12.8. The number of nitrogens with zero attached hydrogens (tertiary/aromatic N) is 1. The van der Waals surface area contributed by atoms with Gasteiger partial charge >= 0.3 is 0 Å². The first-order valence-corrected chi connectivity index (χ1v) is 7.35. The van der Waals surface area contributed by atoms with Crippen LogP contribution in [0.15, 0.2) is 12.7 Å². The number of amides is 1. The Bertz CT molecular complexity index is 285. The minimum absolute atomic E-state index is 0.252. The highest BCUT2D eigenvalue weighted by Crippen LogP contribution is 2.44. The maximum Gasteiger partial charge on any atom is 0.236 e. The molecule has 0 unspecified atom stereocenters. The third-order valence-corrected chi connectivity index (χ3v) is 4.66. The Morgan fingerprint density at radius 1 is 1.17 bits per heavy atom. The standard InChI is InChI=1S/C15H26N2O/c1-2-10-16-13-14(18)17-11-8-15(9-12-17)6-4-3-5-7-15/h2,16H,1,3-13H2. The van der Waals surface area contributed by atoms with Crippen LogP contribution in [0.3, 0.4) is 0 Å². The van der Waals surface area contributed by atoms with Crippen LogP contribution in [0.5, 0.6) is 0 Å². The Morgan fingerprint density at radius 3 is 2.44 bits per heavy atom. The molecule has 1 saturated heterocycles. The second-order valence-electron chi connectivity index (χ2n) is 5.86. The highest BCUT2D eigenvalue weighted by atomic mass is 16.2. The highest BCUT2D eigenvalue weighted by Gasteiger charge is 2.36. The van der Waals surface area contributed by atoms with Crippen LogP contribution in [0.2, 0.25) is 0 Å². The van der Waals surface area contributed by atoms with Gasteiger partial charge in [0.15, 0.2) is 0 Å². The molecule has 0 atom stereocenters. The molecule has 102 valence electrons. The van der Waals surface area contributed by atoms with Crippen LogP contribution in [0.4, 0.5) is 0 Å². The lowest BCUT2D eigenvalue weighted by Crippen LogP contribution is -2.46. The summed E-state index contributed by atoms with van der Waals surface area (Å²) in [6.45, 7) is 6.74. The maximum absolute atomic E-state index is 12.0. The SMILES string of the molecule is C=CCNCC(=O)N1CCC2(CCCCC2)CC1. The fraction of sp³-hybridized carbons (Fsp3) is 0.800. The zero-order valence-corrected chi connectivity index (χ0v) is 11.4. The van der Waals surface area contributed by atoms with E-state index in [1.165, 1.54) is 44.9 Å². The van der Waals surface area contributed by atoms with Crippen molar-refractivity contribution >= 4 is 5.91 Å². The molecule has 1 N–H and O–H groups in total. The van der Waals surface area contributed by atoms with E-state index in [-0.39, 0.29) is 5.91 Å². The Hall–Kier alpha value is -0.830. The highest BCUT2D eigenvalue weighted by molar-refractivity contribution is 5.78. The van der Waals surface area contributed by atoms with Crippen LogP contribution in [0.25, 0.3) is 0 Å². The maximum atomic E-state index is 12.0. The predicted molar refractivity (Wildman–Crippen MR) is 74.4 cm³/mol. The molecule has 0 bridgehead atoms. The second-order valence-corrected chi connectivity index (χ2v) is 5.86. The van der Waals surface area contributed by atoms with E-state index in [1.54, 1.807) is 6.08 Å². The summed E-state index contributed by atoms with van der Waals surface area (Å²) >= 11 is 0. The third-order valence-electron chi connectivity index (χ3n) is 4.66. The topological polar surface area (TPSA) is 32.3 Å². The minimum atomic E-state index is 0.252. The molecule has 1 saturated carbocycles. The van der Waals surface area contributed by atoms with Crippen molar-refractivity contribution in [1.29, 1.82) is 0 Å². The molecule has 0 aromatic carbocycles. The van der Waals surface area contributed by atoms with E-state index in [2.05, 4.69) is 11.9 Å². The van der Waals surface area contributed by atoms with Gasteiger partial charge in [0.1, 0.15) is 0 Å². The van der Waals surface area contributed by atoms with Crippen LogP contribution in [0.1, 0.15) is 44.9 Å². The summed E-state index contributed by atoms with van der Waals surface area (Å²) in [5, 5.41) is 3.09. The van der Waals surface area contributed by atoms with Gasteiger partial charge in [0, 0.05) is 19.6 Å². The van der Waals surface area contributed by atoms with E-state index in [1.807, 2.05) is 4.90 Å². The lowest BCUT2D eigenvalue weighted by atomic mass is 9.68. The quantitative estimate of drug-likeness (QED) is 0.613. The van der Waals surface area contributed by atoms with Gasteiger partial charge in [-0.05, 0) is 31.1 Å². The molecular formula is C15H26N2O. The van der Waals surface area contributed by atoms with Gasteiger partial charge in [-0.3, -0.25) is 4.79 Å². The molecular weight excluding hydrogens is 224 g/mol. The molecule has 3 nitrogen and oxygen atoms in total. The van der Waals surface area contributed by atoms with Crippen molar-refractivity contribution in [2.45, 2.75) is 44.9 Å². The average molecular weight is 250 g/mol. The average Bonchev–Trinajstić information content (AvgIpc) is 2.41. The van der Waals surface area contributed by atoms with Crippen molar-refractivity contribution in [2.75, 3.05) is 26.2 Å². The number of rotatable bonds is 4. The van der Waals surface area contributed by atoms with Crippen LogP contribution in [-0.2, 0) is 4.79 Å². The van der Waals surface area contributed by atoms with E-state index in [4.69, 9.17) is 0 Å².